The van der Waals surface area contributed by atoms with Gasteiger partial charge in [0.05, 0.1) is 13.2 Å². The van der Waals surface area contributed by atoms with Gasteiger partial charge in [-0.2, -0.15) is 0 Å². The van der Waals surface area contributed by atoms with Crippen LogP contribution in [-0.4, -0.2) is 53.8 Å². The summed E-state index contributed by atoms with van der Waals surface area (Å²) in [5, 5.41) is 22.8. The van der Waals surface area contributed by atoms with E-state index in [1.165, 1.54) is 0 Å². The van der Waals surface area contributed by atoms with Crippen LogP contribution >= 0.6 is 0 Å². The molecule has 0 saturated heterocycles. The number of methoxy groups -OCH3 is 1. The molecule has 26 heavy (non-hydrogen) atoms. The molecule has 144 valence electrons. The Morgan fingerprint density at radius 2 is 1.77 bits per heavy atom. The third-order valence-electron chi connectivity index (χ3n) is 3.92. The molecule has 0 aliphatic carbocycles. The topological polar surface area (TPSA) is 125 Å². The molecule has 2 amide bonds. The van der Waals surface area contributed by atoms with Gasteiger partial charge in [-0.25, -0.2) is 4.79 Å². The second-order valence-electron chi connectivity index (χ2n) is 5.88. The predicted molar refractivity (Wildman–Crippen MR) is 95.2 cm³/mol. The number of ketones is 1. The highest BCUT2D eigenvalue weighted by Crippen LogP contribution is 2.13. The fraction of sp³-hybridized carbons (Fsp3) is 0.500. The van der Waals surface area contributed by atoms with Crippen molar-refractivity contribution in [1.82, 2.24) is 10.6 Å². The number of carbonyl (C=O) groups is 3. The lowest BCUT2D eigenvalue weighted by atomic mass is 10.0. The van der Waals surface area contributed by atoms with Crippen LogP contribution in [0.15, 0.2) is 24.3 Å². The highest BCUT2D eigenvalue weighted by Gasteiger charge is 2.26. The second-order valence-corrected chi connectivity index (χ2v) is 5.88. The van der Waals surface area contributed by atoms with Crippen LogP contribution < -0.4 is 15.4 Å². The summed E-state index contributed by atoms with van der Waals surface area (Å²) in [4.78, 5) is 35.3. The SMILES string of the molecule is CCCCC(NC(=O)O)C(=O)NC(Cc1ccc(OC)cc1)C(=O)CO. The predicted octanol–water partition coefficient (Wildman–Crippen LogP) is 1.11. The maximum absolute atomic E-state index is 12.4. The molecule has 1 rings (SSSR count). The van der Waals surface area contributed by atoms with Crippen LogP contribution in [0.4, 0.5) is 4.79 Å². The summed E-state index contributed by atoms with van der Waals surface area (Å²) >= 11 is 0. The van der Waals surface area contributed by atoms with Gasteiger partial charge < -0.3 is 25.6 Å². The minimum atomic E-state index is -1.30. The van der Waals surface area contributed by atoms with E-state index in [0.29, 0.717) is 18.6 Å². The van der Waals surface area contributed by atoms with Crippen molar-refractivity contribution in [2.45, 2.75) is 44.7 Å². The third-order valence-corrected chi connectivity index (χ3v) is 3.92. The normalized spacial score (nSPS) is 12.7. The standard InChI is InChI=1S/C18H26N2O6/c1-3-4-5-14(20-18(24)25)17(23)19-15(16(22)11-21)10-12-6-8-13(26-2)9-7-12/h6-9,14-15,20-21H,3-5,10-11H2,1-2H3,(H,19,23)(H,24,25). The van der Waals surface area contributed by atoms with E-state index in [4.69, 9.17) is 9.84 Å². The third kappa shape index (κ3) is 7.10. The zero-order chi connectivity index (χ0) is 19.5. The highest BCUT2D eigenvalue weighted by atomic mass is 16.5. The number of ether oxygens (including phenoxy) is 1. The molecule has 8 nitrogen and oxygen atoms in total. The van der Waals surface area contributed by atoms with Gasteiger partial charge in [-0.1, -0.05) is 31.9 Å². The fourth-order valence-electron chi connectivity index (χ4n) is 2.45. The monoisotopic (exact) mass is 366 g/mol. The Morgan fingerprint density at radius 3 is 2.27 bits per heavy atom. The zero-order valence-corrected chi connectivity index (χ0v) is 15.0. The van der Waals surface area contributed by atoms with Gasteiger partial charge in [0.15, 0.2) is 5.78 Å². The lowest BCUT2D eigenvalue weighted by Crippen LogP contribution is -2.52. The average Bonchev–Trinajstić information content (AvgIpc) is 2.64. The zero-order valence-electron chi connectivity index (χ0n) is 15.0. The Kier molecular flexibility index (Phi) is 9.14. The van der Waals surface area contributed by atoms with Crippen LogP contribution in [0.1, 0.15) is 31.7 Å². The number of benzene rings is 1. The number of hydrogen-bond acceptors (Lipinski definition) is 5. The molecule has 0 bridgehead atoms. The van der Waals surface area contributed by atoms with Crippen molar-refractivity contribution in [3.8, 4) is 5.75 Å². The molecule has 2 unspecified atom stereocenters. The molecule has 0 aliphatic rings. The number of carboxylic acid groups (broad SMARTS) is 1. The molecule has 1 aromatic carbocycles. The number of Topliss-reactive ketones (excluding diaryl/α,β-unsaturated/α-hetero) is 1. The van der Waals surface area contributed by atoms with E-state index in [1.807, 2.05) is 6.92 Å². The van der Waals surface area contributed by atoms with Gasteiger partial charge in [0.2, 0.25) is 5.91 Å². The summed E-state index contributed by atoms with van der Waals surface area (Å²) in [5.41, 5.74) is 0.772. The minimum Gasteiger partial charge on any atom is -0.497 e. The van der Waals surface area contributed by atoms with Crippen LogP contribution in [0.25, 0.3) is 0 Å². The number of rotatable bonds is 11. The van der Waals surface area contributed by atoms with Crippen LogP contribution in [0, 0.1) is 0 Å². The van der Waals surface area contributed by atoms with Crippen molar-refractivity contribution in [1.29, 1.82) is 0 Å². The Balaban J connectivity index is 2.84. The Bertz CT molecular complexity index is 602. The Morgan fingerprint density at radius 1 is 1.12 bits per heavy atom. The first kappa shape index (κ1) is 21.4. The van der Waals surface area contributed by atoms with Crippen molar-refractivity contribution in [2.75, 3.05) is 13.7 Å². The van der Waals surface area contributed by atoms with E-state index in [2.05, 4.69) is 10.6 Å². The number of hydrogen-bond donors (Lipinski definition) is 4. The summed E-state index contributed by atoms with van der Waals surface area (Å²) in [6, 6.07) is 5.08. The van der Waals surface area contributed by atoms with Gasteiger partial charge in [0, 0.05) is 0 Å². The number of aliphatic hydroxyl groups is 1. The van der Waals surface area contributed by atoms with E-state index < -0.39 is 36.5 Å². The van der Waals surface area contributed by atoms with Gasteiger partial charge >= 0.3 is 6.09 Å². The molecule has 0 heterocycles. The number of amides is 2. The second kappa shape index (κ2) is 11.1. The molecular formula is C18H26N2O6. The molecule has 0 spiro atoms. The van der Waals surface area contributed by atoms with Crippen LogP contribution in [0.5, 0.6) is 5.75 Å². The molecule has 0 saturated carbocycles. The lowest BCUT2D eigenvalue weighted by Gasteiger charge is -2.22. The van der Waals surface area contributed by atoms with Crippen molar-refractivity contribution >= 4 is 17.8 Å². The van der Waals surface area contributed by atoms with Crippen molar-refractivity contribution in [3.63, 3.8) is 0 Å². The minimum absolute atomic E-state index is 0.183. The van der Waals surface area contributed by atoms with Gasteiger partial charge in [-0.15, -0.1) is 0 Å². The molecular weight excluding hydrogens is 340 g/mol. The molecule has 0 radical (unpaired) electrons. The number of aliphatic hydroxyl groups excluding tert-OH is 1. The van der Waals surface area contributed by atoms with Crippen LogP contribution in [0.3, 0.4) is 0 Å². The van der Waals surface area contributed by atoms with Gasteiger partial charge in [-0.05, 0) is 30.5 Å². The quantitative estimate of drug-likeness (QED) is 0.465. The lowest BCUT2D eigenvalue weighted by molar-refractivity contribution is -0.130. The number of nitrogens with one attached hydrogen (secondary N) is 2. The van der Waals surface area contributed by atoms with E-state index in [-0.39, 0.29) is 6.42 Å². The molecule has 0 fully saturated rings. The number of carbonyl (C=O) groups excluding carboxylic acids is 2. The Hall–Kier alpha value is -2.61. The molecule has 4 N–H and O–H groups in total. The summed E-state index contributed by atoms with van der Waals surface area (Å²) in [5.74, 6) is -0.465. The molecule has 0 aromatic heterocycles. The van der Waals surface area contributed by atoms with E-state index in [0.717, 1.165) is 12.0 Å². The Labute approximate surface area is 152 Å². The van der Waals surface area contributed by atoms with Gasteiger partial charge in [0.1, 0.15) is 18.4 Å². The number of unbranched alkanes of at least 4 members (excludes halogenated alkanes) is 1. The first-order chi connectivity index (χ1) is 12.4. The molecule has 2 atom stereocenters. The van der Waals surface area contributed by atoms with E-state index in [9.17, 15) is 19.5 Å². The molecule has 1 aromatic rings. The maximum atomic E-state index is 12.4. The van der Waals surface area contributed by atoms with Crippen LogP contribution in [0.2, 0.25) is 0 Å². The van der Waals surface area contributed by atoms with Crippen molar-refractivity contribution in [3.05, 3.63) is 29.8 Å². The first-order valence-electron chi connectivity index (χ1n) is 8.47. The van der Waals surface area contributed by atoms with E-state index in [1.54, 1.807) is 31.4 Å². The van der Waals surface area contributed by atoms with Crippen molar-refractivity contribution < 1.29 is 29.3 Å². The largest absolute Gasteiger partial charge is 0.497 e. The highest BCUT2D eigenvalue weighted by molar-refractivity contribution is 5.92. The fourth-order valence-corrected chi connectivity index (χ4v) is 2.45. The first-order valence-corrected chi connectivity index (χ1v) is 8.47. The average molecular weight is 366 g/mol. The van der Waals surface area contributed by atoms with E-state index >= 15 is 0 Å². The molecule has 8 heteroatoms. The van der Waals surface area contributed by atoms with Crippen LogP contribution in [-0.2, 0) is 16.0 Å². The van der Waals surface area contributed by atoms with Crippen molar-refractivity contribution in [2.24, 2.45) is 0 Å². The van der Waals surface area contributed by atoms with Gasteiger partial charge in [0.25, 0.3) is 0 Å². The summed E-state index contributed by atoms with van der Waals surface area (Å²) in [7, 11) is 1.54. The summed E-state index contributed by atoms with van der Waals surface area (Å²) in [6.07, 6.45) is 0.673. The summed E-state index contributed by atoms with van der Waals surface area (Å²) in [6.45, 7) is 1.21. The molecule has 0 aliphatic heterocycles. The summed E-state index contributed by atoms with van der Waals surface area (Å²) < 4.78 is 5.07. The smallest absolute Gasteiger partial charge is 0.405 e. The maximum Gasteiger partial charge on any atom is 0.405 e. The van der Waals surface area contributed by atoms with Gasteiger partial charge in [-0.3, -0.25) is 9.59 Å².